The number of aromatic nitrogens is 3. The van der Waals surface area contributed by atoms with Gasteiger partial charge in [-0.3, -0.25) is 19.1 Å². The van der Waals surface area contributed by atoms with Crippen LogP contribution in [0.15, 0.2) is 70.4 Å². The van der Waals surface area contributed by atoms with Crippen molar-refractivity contribution < 1.29 is 22.3 Å². The van der Waals surface area contributed by atoms with Crippen LogP contribution in [0.1, 0.15) is 24.4 Å². The summed E-state index contributed by atoms with van der Waals surface area (Å²) in [6.45, 7) is 1.75. The molecule has 4 aromatic rings. The second kappa shape index (κ2) is 10.1. The van der Waals surface area contributed by atoms with Crippen molar-refractivity contribution in [3.05, 3.63) is 92.9 Å². The monoisotopic (exact) mass is 528 g/mol. The van der Waals surface area contributed by atoms with E-state index in [-0.39, 0.29) is 11.8 Å². The highest BCUT2D eigenvalue weighted by Gasteiger charge is 2.31. The third-order valence-corrected chi connectivity index (χ3v) is 6.81. The zero-order valence-electron chi connectivity index (χ0n) is 20.4. The summed E-state index contributed by atoms with van der Waals surface area (Å²) < 4.78 is 58.1. The molecule has 0 spiro atoms. The standard InChI is InChI=1S/C27H24F4N4O3/c1-33-23-14-18(21-4-2-3-5-22(21)28)15-32-24(23)35(26(37)25(33)36)19-10-12-34(13-11-19)16-17-6-8-20(9-7-17)38-27(29,30)31/h2-9,14-15,19H,10-13,16H2,1H3. The van der Waals surface area contributed by atoms with Crippen LogP contribution in [0, 0.1) is 5.82 Å². The molecule has 0 unspecified atom stereocenters. The molecule has 0 aliphatic carbocycles. The van der Waals surface area contributed by atoms with Gasteiger partial charge in [-0.2, -0.15) is 0 Å². The predicted octanol–water partition coefficient (Wildman–Crippen LogP) is 4.64. The lowest BCUT2D eigenvalue weighted by Crippen LogP contribution is -2.45. The molecule has 2 aromatic carbocycles. The molecule has 0 amide bonds. The summed E-state index contributed by atoms with van der Waals surface area (Å²) in [5, 5.41) is 0. The first-order valence-electron chi connectivity index (χ1n) is 12.0. The summed E-state index contributed by atoms with van der Waals surface area (Å²) in [4.78, 5) is 32.5. The summed E-state index contributed by atoms with van der Waals surface area (Å²) in [5.41, 5.74) is 1.11. The first kappa shape index (κ1) is 25.7. The zero-order valence-corrected chi connectivity index (χ0v) is 20.4. The van der Waals surface area contributed by atoms with E-state index in [0.29, 0.717) is 54.8 Å². The molecule has 1 aliphatic heterocycles. The van der Waals surface area contributed by atoms with Crippen LogP contribution in [0.2, 0.25) is 0 Å². The maximum absolute atomic E-state index is 14.4. The van der Waals surface area contributed by atoms with Gasteiger partial charge in [-0.05, 0) is 42.7 Å². The molecule has 7 nitrogen and oxygen atoms in total. The van der Waals surface area contributed by atoms with Crippen LogP contribution in [0.3, 0.4) is 0 Å². The third-order valence-electron chi connectivity index (χ3n) is 6.81. The van der Waals surface area contributed by atoms with Crippen LogP contribution < -0.4 is 15.9 Å². The molecular weight excluding hydrogens is 504 g/mol. The highest BCUT2D eigenvalue weighted by atomic mass is 19.4. The van der Waals surface area contributed by atoms with Crippen molar-refractivity contribution in [3.63, 3.8) is 0 Å². The number of likely N-dealkylation sites (tertiary alicyclic amines) is 1. The van der Waals surface area contributed by atoms with E-state index >= 15 is 0 Å². The van der Waals surface area contributed by atoms with Crippen molar-refractivity contribution in [2.24, 2.45) is 7.05 Å². The Morgan fingerprint density at radius 3 is 2.34 bits per heavy atom. The van der Waals surface area contributed by atoms with Crippen LogP contribution in [0.5, 0.6) is 5.75 Å². The number of fused-ring (bicyclic) bond motifs is 1. The van der Waals surface area contributed by atoms with E-state index in [1.807, 2.05) is 0 Å². The molecule has 0 saturated carbocycles. The molecule has 1 aliphatic rings. The summed E-state index contributed by atoms with van der Waals surface area (Å²) >= 11 is 0. The second-order valence-electron chi connectivity index (χ2n) is 9.28. The Morgan fingerprint density at radius 2 is 1.68 bits per heavy atom. The molecule has 2 aromatic heterocycles. The lowest BCUT2D eigenvalue weighted by Gasteiger charge is -2.33. The number of hydrogen-bond donors (Lipinski definition) is 0. The van der Waals surface area contributed by atoms with Crippen molar-refractivity contribution in [3.8, 4) is 16.9 Å². The van der Waals surface area contributed by atoms with Crippen molar-refractivity contribution in [2.45, 2.75) is 31.8 Å². The maximum Gasteiger partial charge on any atom is 0.573 e. The topological polar surface area (TPSA) is 69.4 Å². The number of halogens is 4. The Balaban J connectivity index is 1.36. The highest BCUT2D eigenvalue weighted by Crippen LogP contribution is 2.28. The van der Waals surface area contributed by atoms with Crippen molar-refractivity contribution in [1.82, 2.24) is 19.0 Å². The fourth-order valence-electron chi connectivity index (χ4n) is 4.90. The molecule has 38 heavy (non-hydrogen) atoms. The van der Waals surface area contributed by atoms with Gasteiger partial charge in [0.25, 0.3) is 0 Å². The first-order valence-corrected chi connectivity index (χ1v) is 12.0. The zero-order chi connectivity index (χ0) is 27.0. The summed E-state index contributed by atoms with van der Waals surface area (Å²) in [7, 11) is 1.50. The number of alkyl halides is 3. The third kappa shape index (κ3) is 5.19. The predicted molar refractivity (Wildman–Crippen MR) is 133 cm³/mol. The highest BCUT2D eigenvalue weighted by molar-refractivity contribution is 5.78. The lowest BCUT2D eigenvalue weighted by atomic mass is 10.0. The lowest BCUT2D eigenvalue weighted by molar-refractivity contribution is -0.274. The van der Waals surface area contributed by atoms with Gasteiger partial charge < -0.3 is 9.30 Å². The number of benzene rings is 2. The maximum atomic E-state index is 14.4. The molecule has 0 atom stereocenters. The second-order valence-corrected chi connectivity index (χ2v) is 9.28. The van der Waals surface area contributed by atoms with E-state index < -0.39 is 23.3 Å². The van der Waals surface area contributed by atoms with Crippen LogP contribution in [-0.4, -0.2) is 38.5 Å². The number of nitrogens with zero attached hydrogens (tertiary/aromatic N) is 4. The number of pyridine rings is 1. The number of hydrogen-bond acceptors (Lipinski definition) is 5. The molecule has 11 heteroatoms. The van der Waals surface area contributed by atoms with Gasteiger partial charge in [0.2, 0.25) is 0 Å². The molecule has 3 heterocycles. The van der Waals surface area contributed by atoms with Gasteiger partial charge in [0.1, 0.15) is 11.6 Å². The molecule has 0 N–H and O–H groups in total. The average molecular weight is 529 g/mol. The number of ether oxygens (including phenoxy) is 1. The van der Waals surface area contributed by atoms with Gasteiger partial charge in [-0.25, -0.2) is 9.37 Å². The fraction of sp³-hybridized carbons (Fsp3) is 0.296. The van der Waals surface area contributed by atoms with Crippen LogP contribution >= 0.6 is 0 Å². The normalized spacial score (nSPS) is 15.2. The fourth-order valence-corrected chi connectivity index (χ4v) is 4.90. The van der Waals surface area contributed by atoms with E-state index in [9.17, 15) is 27.2 Å². The molecule has 198 valence electrons. The molecular formula is C27H24F4N4O3. The Hall–Kier alpha value is -3.99. The molecule has 5 rings (SSSR count). The molecule has 0 bridgehead atoms. The van der Waals surface area contributed by atoms with Gasteiger partial charge in [-0.1, -0.05) is 30.3 Å². The van der Waals surface area contributed by atoms with E-state index in [4.69, 9.17) is 0 Å². The molecule has 1 saturated heterocycles. The quantitative estimate of drug-likeness (QED) is 0.279. The Bertz CT molecular complexity index is 1590. The van der Waals surface area contributed by atoms with Gasteiger partial charge in [0, 0.05) is 50.0 Å². The number of aryl methyl sites for hydroxylation is 1. The minimum absolute atomic E-state index is 0.260. The Morgan fingerprint density at radius 1 is 1.00 bits per heavy atom. The summed E-state index contributed by atoms with van der Waals surface area (Å²) in [6, 6.07) is 13.4. The van der Waals surface area contributed by atoms with E-state index in [1.165, 1.54) is 40.6 Å². The largest absolute Gasteiger partial charge is 0.573 e. The van der Waals surface area contributed by atoms with Crippen LogP contribution in [0.25, 0.3) is 22.3 Å². The van der Waals surface area contributed by atoms with E-state index in [2.05, 4.69) is 14.6 Å². The average Bonchev–Trinajstić information content (AvgIpc) is 2.89. The van der Waals surface area contributed by atoms with Gasteiger partial charge in [-0.15, -0.1) is 13.2 Å². The van der Waals surface area contributed by atoms with Gasteiger partial charge in [0.05, 0.1) is 5.52 Å². The Labute approximate surface area is 214 Å². The Kier molecular flexibility index (Phi) is 6.78. The van der Waals surface area contributed by atoms with Gasteiger partial charge in [0.15, 0.2) is 5.65 Å². The molecule has 1 fully saturated rings. The minimum Gasteiger partial charge on any atom is -0.406 e. The van der Waals surface area contributed by atoms with Crippen LogP contribution in [-0.2, 0) is 13.6 Å². The number of rotatable bonds is 5. The summed E-state index contributed by atoms with van der Waals surface area (Å²) in [5.74, 6) is -0.690. The van der Waals surface area contributed by atoms with Gasteiger partial charge >= 0.3 is 17.5 Å². The van der Waals surface area contributed by atoms with Crippen molar-refractivity contribution in [2.75, 3.05) is 13.1 Å². The number of piperidine rings is 1. The van der Waals surface area contributed by atoms with E-state index in [1.54, 1.807) is 36.4 Å². The van der Waals surface area contributed by atoms with E-state index in [0.717, 1.165) is 5.56 Å². The smallest absolute Gasteiger partial charge is 0.406 e. The summed E-state index contributed by atoms with van der Waals surface area (Å²) in [6.07, 6.45) is -2.08. The first-order chi connectivity index (χ1) is 18.1. The van der Waals surface area contributed by atoms with Crippen LogP contribution in [0.4, 0.5) is 17.6 Å². The van der Waals surface area contributed by atoms with Crippen molar-refractivity contribution in [1.29, 1.82) is 0 Å². The minimum atomic E-state index is -4.74. The van der Waals surface area contributed by atoms with Crippen molar-refractivity contribution >= 4 is 11.2 Å². The SMILES string of the molecule is Cn1c(=O)c(=O)n(C2CCN(Cc3ccc(OC(F)(F)F)cc3)CC2)c2ncc(-c3ccccc3F)cc21. The molecule has 0 radical (unpaired) electrons.